The molecule has 10 nitrogen and oxygen atoms in total. The number of fused-ring (bicyclic) bond motifs is 1. The van der Waals surface area contributed by atoms with Crippen LogP contribution in [-0.4, -0.2) is 59.4 Å². The molecule has 0 aliphatic carbocycles. The van der Waals surface area contributed by atoms with E-state index in [9.17, 15) is 21.6 Å². The SMILES string of the molecule is CC(C)NS(=O)(=O)c1ccc(NC(=O)C2CCN(S(=O)(=O)c3ccc4c(c3)OCCCO4)CC2)cc1. The van der Waals surface area contributed by atoms with Crippen LogP contribution in [0.15, 0.2) is 52.3 Å². The van der Waals surface area contributed by atoms with Crippen molar-refractivity contribution in [2.24, 2.45) is 5.92 Å². The molecule has 0 saturated carbocycles. The molecule has 2 aromatic rings. The lowest BCUT2D eigenvalue weighted by Gasteiger charge is -2.30. The standard InChI is InChI=1S/C24H31N3O7S2/c1-17(2)26-35(29,30)20-6-4-19(5-7-20)25-24(28)18-10-12-27(13-11-18)36(31,32)21-8-9-22-23(16-21)34-15-3-14-33-22/h4-9,16-18,26H,3,10-15H2,1-2H3,(H,25,28). The Bertz CT molecular complexity index is 1300. The molecule has 2 aliphatic heterocycles. The Labute approximate surface area is 212 Å². The van der Waals surface area contributed by atoms with Crippen molar-refractivity contribution in [3.63, 3.8) is 0 Å². The number of piperidine rings is 1. The van der Waals surface area contributed by atoms with Crippen LogP contribution in [0.25, 0.3) is 0 Å². The van der Waals surface area contributed by atoms with Gasteiger partial charge in [0, 0.05) is 43.2 Å². The number of hydrogen-bond donors (Lipinski definition) is 2. The van der Waals surface area contributed by atoms with Crippen LogP contribution in [-0.2, 0) is 24.8 Å². The van der Waals surface area contributed by atoms with Gasteiger partial charge in [-0.05, 0) is 63.1 Å². The predicted octanol–water partition coefficient (Wildman–Crippen LogP) is 2.57. The summed E-state index contributed by atoms with van der Waals surface area (Å²) >= 11 is 0. The molecule has 2 N–H and O–H groups in total. The molecule has 196 valence electrons. The van der Waals surface area contributed by atoms with E-state index in [1.54, 1.807) is 19.9 Å². The van der Waals surface area contributed by atoms with Crippen LogP contribution < -0.4 is 19.5 Å². The molecule has 0 bridgehead atoms. The van der Waals surface area contributed by atoms with E-state index in [4.69, 9.17) is 9.47 Å². The number of amides is 1. The highest BCUT2D eigenvalue weighted by atomic mass is 32.2. The Morgan fingerprint density at radius 1 is 0.917 bits per heavy atom. The molecule has 1 saturated heterocycles. The molecule has 1 amide bonds. The molecule has 4 rings (SSSR count). The maximum absolute atomic E-state index is 13.2. The van der Waals surface area contributed by atoms with Crippen LogP contribution in [0.1, 0.15) is 33.1 Å². The monoisotopic (exact) mass is 537 g/mol. The highest BCUT2D eigenvalue weighted by Gasteiger charge is 2.33. The fourth-order valence-electron chi connectivity index (χ4n) is 4.15. The van der Waals surface area contributed by atoms with Crippen molar-refractivity contribution in [3.8, 4) is 11.5 Å². The number of anilines is 1. The maximum atomic E-state index is 13.2. The van der Waals surface area contributed by atoms with Crippen molar-refractivity contribution in [3.05, 3.63) is 42.5 Å². The van der Waals surface area contributed by atoms with Gasteiger partial charge in [0.2, 0.25) is 26.0 Å². The normalized spacial score (nSPS) is 17.5. The lowest BCUT2D eigenvalue weighted by molar-refractivity contribution is -0.120. The number of nitrogens with zero attached hydrogens (tertiary/aromatic N) is 1. The van der Waals surface area contributed by atoms with Crippen LogP contribution in [0.3, 0.4) is 0 Å². The summed E-state index contributed by atoms with van der Waals surface area (Å²) in [5, 5.41) is 2.80. The average molecular weight is 538 g/mol. The zero-order chi connectivity index (χ0) is 25.9. The van der Waals surface area contributed by atoms with Gasteiger partial charge in [-0.1, -0.05) is 0 Å². The number of nitrogens with one attached hydrogen (secondary N) is 2. The van der Waals surface area contributed by atoms with Crippen molar-refractivity contribution in [2.75, 3.05) is 31.6 Å². The van der Waals surface area contributed by atoms with E-state index in [-0.39, 0.29) is 40.7 Å². The Morgan fingerprint density at radius 3 is 2.17 bits per heavy atom. The van der Waals surface area contributed by atoms with Gasteiger partial charge >= 0.3 is 0 Å². The first-order valence-corrected chi connectivity index (χ1v) is 14.8. The molecule has 0 radical (unpaired) electrons. The van der Waals surface area contributed by atoms with Crippen molar-refractivity contribution in [1.29, 1.82) is 0 Å². The first kappa shape index (κ1) is 26.4. The topological polar surface area (TPSA) is 131 Å². The van der Waals surface area contributed by atoms with Crippen molar-refractivity contribution >= 4 is 31.6 Å². The summed E-state index contributed by atoms with van der Waals surface area (Å²) in [6.45, 7) is 4.89. The van der Waals surface area contributed by atoms with Gasteiger partial charge in [-0.2, -0.15) is 4.31 Å². The van der Waals surface area contributed by atoms with Gasteiger partial charge in [-0.3, -0.25) is 4.79 Å². The summed E-state index contributed by atoms with van der Waals surface area (Å²) < 4.78 is 66.0. The largest absolute Gasteiger partial charge is 0.490 e. The minimum atomic E-state index is -3.74. The van der Waals surface area contributed by atoms with E-state index >= 15 is 0 Å². The van der Waals surface area contributed by atoms with Gasteiger partial charge in [-0.15, -0.1) is 0 Å². The molecule has 2 aromatic carbocycles. The van der Waals surface area contributed by atoms with Gasteiger partial charge < -0.3 is 14.8 Å². The minimum absolute atomic E-state index is 0.113. The second kappa shape index (κ2) is 10.8. The Morgan fingerprint density at radius 2 is 1.53 bits per heavy atom. The lowest BCUT2D eigenvalue weighted by Crippen LogP contribution is -2.41. The number of carbonyl (C=O) groups is 1. The van der Waals surface area contributed by atoms with Gasteiger partial charge in [-0.25, -0.2) is 21.6 Å². The predicted molar refractivity (Wildman–Crippen MR) is 134 cm³/mol. The summed E-state index contributed by atoms with van der Waals surface area (Å²) in [7, 11) is -7.36. The first-order chi connectivity index (χ1) is 17.1. The molecule has 0 spiro atoms. The highest BCUT2D eigenvalue weighted by molar-refractivity contribution is 7.89. The Hall–Kier alpha value is -2.67. The van der Waals surface area contributed by atoms with Crippen LogP contribution >= 0.6 is 0 Å². The Kier molecular flexibility index (Phi) is 7.88. The minimum Gasteiger partial charge on any atom is -0.490 e. The number of sulfonamides is 2. The van der Waals surface area contributed by atoms with Crippen LogP contribution in [0.4, 0.5) is 5.69 Å². The summed E-state index contributed by atoms with van der Waals surface area (Å²) in [4.78, 5) is 13.0. The number of ether oxygens (including phenoxy) is 2. The fraction of sp³-hybridized carbons (Fsp3) is 0.458. The first-order valence-electron chi connectivity index (χ1n) is 11.9. The maximum Gasteiger partial charge on any atom is 0.243 e. The number of carbonyl (C=O) groups excluding carboxylic acids is 1. The fourth-order valence-corrected chi connectivity index (χ4v) is 6.89. The summed E-state index contributed by atoms with van der Waals surface area (Å²) in [6, 6.07) is 10.3. The highest BCUT2D eigenvalue weighted by Crippen LogP contribution is 2.34. The summed E-state index contributed by atoms with van der Waals surface area (Å²) in [5.74, 6) is 0.370. The van der Waals surface area contributed by atoms with E-state index in [1.165, 1.54) is 40.7 Å². The zero-order valence-corrected chi connectivity index (χ0v) is 21.9. The molecule has 0 unspecified atom stereocenters. The van der Waals surface area contributed by atoms with Gasteiger partial charge in [0.15, 0.2) is 11.5 Å². The van der Waals surface area contributed by atoms with Crippen LogP contribution in [0.5, 0.6) is 11.5 Å². The van der Waals surface area contributed by atoms with Crippen LogP contribution in [0, 0.1) is 5.92 Å². The summed E-state index contributed by atoms with van der Waals surface area (Å²) in [6.07, 6.45) is 1.48. The third kappa shape index (κ3) is 6.00. The number of hydrogen-bond acceptors (Lipinski definition) is 7. The third-order valence-electron chi connectivity index (χ3n) is 6.00. The average Bonchev–Trinajstić information content (AvgIpc) is 3.08. The van der Waals surface area contributed by atoms with Crippen molar-refractivity contribution in [2.45, 2.75) is 48.9 Å². The number of benzene rings is 2. The molecule has 1 fully saturated rings. The molecular formula is C24H31N3O7S2. The smallest absolute Gasteiger partial charge is 0.243 e. The van der Waals surface area contributed by atoms with E-state index in [0.29, 0.717) is 43.2 Å². The lowest BCUT2D eigenvalue weighted by atomic mass is 9.97. The Balaban J connectivity index is 1.35. The second-order valence-corrected chi connectivity index (χ2v) is 12.8. The quantitative estimate of drug-likeness (QED) is 0.555. The molecule has 2 heterocycles. The van der Waals surface area contributed by atoms with Gasteiger partial charge in [0.25, 0.3) is 0 Å². The van der Waals surface area contributed by atoms with Crippen LogP contribution in [0.2, 0.25) is 0 Å². The van der Waals surface area contributed by atoms with Crippen molar-refractivity contribution in [1.82, 2.24) is 9.03 Å². The molecule has 12 heteroatoms. The second-order valence-electron chi connectivity index (χ2n) is 9.13. The summed E-state index contributed by atoms with van der Waals surface area (Å²) in [5.41, 5.74) is 0.478. The number of rotatable bonds is 7. The van der Waals surface area contributed by atoms with E-state index in [1.807, 2.05) is 0 Å². The zero-order valence-electron chi connectivity index (χ0n) is 20.3. The molecule has 36 heavy (non-hydrogen) atoms. The third-order valence-corrected chi connectivity index (χ3v) is 9.57. The van der Waals surface area contributed by atoms with E-state index in [2.05, 4.69) is 10.0 Å². The van der Waals surface area contributed by atoms with Crippen molar-refractivity contribution < 1.29 is 31.1 Å². The molecule has 0 aromatic heterocycles. The van der Waals surface area contributed by atoms with E-state index < -0.39 is 20.0 Å². The van der Waals surface area contributed by atoms with Gasteiger partial charge in [0.05, 0.1) is 23.0 Å². The molecular weight excluding hydrogens is 506 g/mol. The molecule has 2 aliphatic rings. The van der Waals surface area contributed by atoms with Gasteiger partial charge in [0.1, 0.15) is 0 Å². The van der Waals surface area contributed by atoms with E-state index in [0.717, 1.165) is 6.42 Å². The molecule has 0 atom stereocenters.